The molecule has 1 aromatic carbocycles. The number of nitrogens with one attached hydrogen (secondary N) is 1. The number of nitrogens with zero attached hydrogens (tertiary/aromatic N) is 4. The predicted molar refractivity (Wildman–Crippen MR) is 127 cm³/mol. The highest BCUT2D eigenvalue weighted by Crippen LogP contribution is 2.34. The molecule has 1 saturated heterocycles. The van der Waals surface area contributed by atoms with Gasteiger partial charge in [-0.05, 0) is 48.4 Å². The fourth-order valence-electron chi connectivity index (χ4n) is 3.60. The summed E-state index contributed by atoms with van der Waals surface area (Å²) in [4.78, 5) is 46.4. The van der Waals surface area contributed by atoms with Crippen molar-refractivity contribution in [2.24, 2.45) is 0 Å². The number of carboxylic acid groups (broad SMARTS) is 1. The third-order valence-electron chi connectivity index (χ3n) is 5.38. The summed E-state index contributed by atoms with van der Waals surface area (Å²) in [5.74, 6) is -0.143. The van der Waals surface area contributed by atoms with Crippen LogP contribution >= 0.6 is 11.3 Å². The molecule has 0 aliphatic carbocycles. The van der Waals surface area contributed by atoms with E-state index in [2.05, 4.69) is 10.3 Å². The standard InChI is InChI=1S/C23H23N5O4S/c1-15-12-19(33-20(15)21(29)26(2)18-4-3-9-24-13-18)28-11-10-27(23(28)32)14-16-5-7-17(8-6-16)25-22(30)31/h3-9,12-13,25H,10-11,14H2,1-2H3,(H,30,31). The topological polar surface area (TPSA) is 106 Å². The average molecular weight is 466 g/mol. The predicted octanol–water partition coefficient (Wildman–Crippen LogP) is 4.26. The molecule has 0 bridgehead atoms. The average Bonchev–Trinajstić information content (AvgIpc) is 3.36. The summed E-state index contributed by atoms with van der Waals surface area (Å²) in [6.07, 6.45) is 2.17. The molecule has 1 fully saturated rings. The van der Waals surface area contributed by atoms with Gasteiger partial charge in [0.25, 0.3) is 5.91 Å². The van der Waals surface area contributed by atoms with Crippen molar-refractivity contribution in [3.05, 3.63) is 70.9 Å². The maximum atomic E-state index is 13.0. The zero-order valence-corrected chi connectivity index (χ0v) is 19.0. The van der Waals surface area contributed by atoms with Crippen LogP contribution in [0.5, 0.6) is 0 Å². The summed E-state index contributed by atoms with van der Waals surface area (Å²) in [6, 6.07) is 12.3. The summed E-state index contributed by atoms with van der Waals surface area (Å²) >= 11 is 1.31. The van der Waals surface area contributed by atoms with Crippen LogP contribution in [0.25, 0.3) is 0 Å². The highest BCUT2D eigenvalue weighted by atomic mass is 32.1. The van der Waals surface area contributed by atoms with Gasteiger partial charge in [-0.25, -0.2) is 9.59 Å². The van der Waals surface area contributed by atoms with Crippen molar-refractivity contribution in [3.8, 4) is 0 Å². The van der Waals surface area contributed by atoms with Gasteiger partial charge in [0.15, 0.2) is 0 Å². The van der Waals surface area contributed by atoms with Crippen molar-refractivity contribution in [2.75, 3.05) is 35.3 Å². The molecule has 10 heteroatoms. The molecule has 1 aliphatic rings. The zero-order chi connectivity index (χ0) is 23.5. The molecule has 9 nitrogen and oxygen atoms in total. The number of pyridine rings is 1. The molecule has 33 heavy (non-hydrogen) atoms. The van der Waals surface area contributed by atoms with Crippen LogP contribution in [0.4, 0.5) is 26.0 Å². The van der Waals surface area contributed by atoms with E-state index >= 15 is 0 Å². The first kappa shape index (κ1) is 22.3. The van der Waals surface area contributed by atoms with Crippen LogP contribution in [0, 0.1) is 6.92 Å². The van der Waals surface area contributed by atoms with Gasteiger partial charge in [-0.1, -0.05) is 12.1 Å². The Morgan fingerprint density at radius 1 is 1.21 bits per heavy atom. The van der Waals surface area contributed by atoms with Gasteiger partial charge in [0.1, 0.15) is 5.00 Å². The Balaban J connectivity index is 1.44. The second-order valence-corrected chi connectivity index (χ2v) is 8.69. The van der Waals surface area contributed by atoms with E-state index in [1.807, 2.05) is 19.1 Å². The van der Waals surface area contributed by atoms with Gasteiger partial charge in [0.05, 0.1) is 16.8 Å². The number of carbonyl (C=O) groups excluding carboxylic acids is 2. The number of hydrogen-bond acceptors (Lipinski definition) is 5. The van der Waals surface area contributed by atoms with Crippen LogP contribution in [-0.2, 0) is 6.54 Å². The van der Waals surface area contributed by atoms with E-state index in [9.17, 15) is 14.4 Å². The van der Waals surface area contributed by atoms with Crippen LogP contribution in [0.3, 0.4) is 0 Å². The minimum absolute atomic E-state index is 0.122. The second kappa shape index (κ2) is 9.29. The highest BCUT2D eigenvalue weighted by molar-refractivity contribution is 7.18. The lowest BCUT2D eigenvalue weighted by atomic mass is 10.2. The van der Waals surface area contributed by atoms with Crippen molar-refractivity contribution >= 4 is 45.7 Å². The monoisotopic (exact) mass is 465 g/mol. The number of amides is 4. The summed E-state index contributed by atoms with van der Waals surface area (Å²) in [7, 11) is 1.71. The molecule has 4 rings (SSSR count). The zero-order valence-electron chi connectivity index (χ0n) is 18.2. The van der Waals surface area contributed by atoms with Crippen LogP contribution < -0.4 is 15.1 Å². The fourth-order valence-corrected chi connectivity index (χ4v) is 4.77. The summed E-state index contributed by atoms with van der Waals surface area (Å²) < 4.78 is 0. The fraction of sp³-hybridized carbons (Fsp3) is 0.217. The molecule has 170 valence electrons. The largest absolute Gasteiger partial charge is 0.465 e. The van der Waals surface area contributed by atoms with Crippen molar-refractivity contribution in [3.63, 3.8) is 0 Å². The first-order valence-corrected chi connectivity index (χ1v) is 11.1. The van der Waals surface area contributed by atoms with E-state index in [1.54, 1.807) is 64.5 Å². The number of aromatic nitrogens is 1. The molecular weight excluding hydrogens is 442 g/mol. The Labute approximate surface area is 194 Å². The van der Waals surface area contributed by atoms with Gasteiger partial charge in [-0.3, -0.25) is 20.0 Å². The van der Waals surface area contributed by atoms with Crippen LogP contribution in [0.15, 0.2) is 54.9 Å². The Kier molecular flexibility index (Phi) is 6.27. The minimum atomic E-state index is -1.12. The molecular formula is C23H23N5O4S. The lowest BCUT2D eigenvalue weighted by Crippen LogP contribution is -2.31. The SMILES string of the molecule is Cc1cc(N2CCN(Cc3ccc(NC(=O)O)cc3)C2=O)sc1C(=O)N(C)c1cccnc1. The van der Waals surface area contributed by atoms with Gasteiger partial charge >= 0.3 is 12.1 Å². The number of carbonyl (C=O) groups is 3. The summed E-state index contributed by atoms with van der Waals surface area (Å²) in [5.41, 5.74) is 2.90. The number of benzene rings is 1. The second-order valence-electron chi connectivity index (χ2n) is 7.66. The lowest BCUT2D eigenvalue weighted by molar-refractivity contribution is 0.0996. The van der Waals surface area contributed by atoms with E-state index < -0.39 is 6.09 Å². The van der Waals surface area contributed by atoms with Gasteiger partial charge < -0.3 is 14.9 Å². The number of rotatable bonds is 6. The Bertz CT molecular complexity index is 1180. The number of thiophene rings is 1. The summed E-state index contributed by atoms with van der Waals surface area (Å²) in [5, 5.41) is 11.8. The number of hydrogen-bond donors (Lipinski definition) is 2. The van der Waals surface area contributed by atoms with Crippen LogP contribution in [-0.4, -0.2) is 53.2 Å². The smallest absolute Gasteiger partial charge is 0.409 e. The molecule has 2 aromatic heterocycles. The van der Waals surface area contributed by atoms with Crippen molar-refractivity contribution < 1.29 is 19.5 Å². The van der Waals surface area contributed by atoms with Crippen LogP contribution in [0.1, 0.15) is 20.8 Å². The van der Waals surface area contributed by atoms with Gasteiger partial charge in [0, 0.05) is 38.6 Å². The Hall–Kier alpha value is -3.92. The van der Waals surface area contributed by atoms with Gasteiger partial charge in [-0.2, -0.15) is 0 Å². The summed E-state index contributed by atoms with van der Waals surface area (Å²) in [6.45, 7) is 3.38. The van der Waals surface area contributed by atoms with E-state index in [0.717, 1.165) is 16.1 Å². The molecule has 2 N–H and O–H groups in total. The van der Waals surface area contributed by atoms with Crippen molar-refractivity contribution in [1.82, 2.24) is 9.88 Å². The normalized spacial score (nSPS) is 13.3. The molecule has 3 aromatic rings. The first-order valence-electron chi connectivity index (χ1n) is 10.3. The number of aryl methyl sites for hydroxylation is 1. The van der Waals surface area contributed by atoms with E-state index in [1.165, 1.54) is 11.3 Å². The van der Waals surface area contributed by atoms with Gasteiger partial charge in [-0.15, -0.1) is 11.3 Å². The molecule has 0 radical (unpaired) electrons. The van der Waals surface area contributed by atoms with E-state index in [0.29, 0.717) is 35.9 Å². The lowest BCUT2D eigenvalue weighted by Gasteiger charge is -2.18. The maximum absolute atomic E-state index is 13.0. The Morgan fingerprint density at radius 2 is 1.97 bits per heavy atom. The van der Waals surface area contributed by atoms with E-state index in [4.69, 9.17) is 5.11 Å². The van der Waals surface area contributed by atoms with Gasteiger partial charge in [0.2, 0.25) is 0 Å². The first-order chi connectivity index (χ1) is 15.8. The third-order valence-corrected chi connectivity index (χ3v) is 6.62. The molecule has 0 atom stereocenters. The Morgan fingerprint density at radius 3 is 2.64 bits per heavy atom. The van der Waals surface area contributed by atoms with Crippen molar-refractivity contribution in [2.45, 2.75) is 13.5 Å². The molecule has 1 aliphatic heterocycles. The molecule has 0 unspecified atom stereocenters. The third kappa shape index (κ3) is 4.80. The molecule has 4 amide bonds. The number of anilines is 3. The van der Waals surface area contributed by atoms with Crippen molar-refractivity contribution in [1.29, 1.82) is 0 Å². The molecule has 3 heterocycles. The quantitative estimate of drug-likeness (QED) is 0.566. The molecule has 0 spiro atoms. The highest BCUT2D eigenvalue weighted by Gasteiger charge is 2.32. The number of urea groups is 1. The minimum Gasteiger partial charge on any atom is -0.465 e. The molecule has 0 saturated carbocycles. The maximum Gasteiger partial charge on any atom is 0.409 e. The van der Waals surface area contributed by atoms with Crippen LogP contribution in [0.2, 0.25) is 0 Å². The van der Waals surface area contributed by atoms with E-state index in [-0.39, 0.29) is 11.9 Å².